The number of piperidine rings is 1. The molecule has 2 heteroatoms. The van der Waals surface area contributed by atoms with Gasteiger partial charge in [0.1, 0.15) is 0 Å². The van der Waals surface area contributed by atoms with E-state index in [0.717, 1.165) is 50.0 Å². The lowest BCUT2D eigenvalue weighted by atomic mass is 9.93. The maximum atomic E-state index is 12.5. The SMILES string of the molecule is CC.O=C1C(=CC2CCN(Cc3ccccc3)CC2)Cc2ccccc21. The van der Waals surface area contributed by atoms with Gasteiger partial charge in [-0.15, -0.1) is 0 Å². The molecule has 2 nitrogen and oxygen atoms in total. The van der Waals surface area contributed by atoms with Gasteiger partial charge in [-0.3, -0.25) is 9.69 Å². The third-order valence-corrected chi connectivity index (χ3v) is 5.25. The van der Waals surface area contributed by atoms with Crippen LogP contribution >= 0.6 is 0 Å². The lowest BCUT2D eigenvalue weighted by Crippen LogP contribution is -2.32. The van der Waals surface area contributed by atoms with Gasteiger partial charge in [0.05, 0.1) is 0 Å². The predicted octanol–water partition coefficient (Wildman–Crippen LogP) is 5.29. The molecule has 0 radical (unpaired) electrons. The summed E-state index contributed by atoms with van der Waals surface area (Å²) in [7, 11) is 0. The lowest BCUT2D eigenvalue weighted by molar-refractivity contribution is 0.103. The van der Waals surface area contributed by atoms with Gasteiger partial charge in [0.25, 0.3) is 0 Å². The molecule has 0 unspecified atom stereocenters. The van der Waals surface area contributed by atoms with E-state index in [1.54, 1.807) is 0 Å². The van der Waals surface area contributed by atoms with E-state index in [0.29, 0.717) is 5.92 Å². The Labute approximate surface area is 157 Å². The molecule has 1 aliphatic carbocycles. The van der Waals surface area contributed by atoms with Crippen molar-refractivity contribution >= 4 is 5.78 Å². The minimum absolute atomic E-state index is 0.248. The number of nitrogens with zero attached hydrogens (tertiary/aromatic N) is 1. The van der Waals surface area contributed by atoms with Crippen LogP contribution in [0.2, 0.25) is 0 Å². The number of benzene rings is 2. The molecule has 0 atom stereocenters. The van der Waals surface area contributed by atoms with Gasteiger partial charge >= 0.3 is 0 Å². The molecule has 0 amide bonds. The Balaban J connectivity index is 0.000000948. The molecule has 1 heterocycles. The van der Waals surface area contributed by atoms with E-state index < -0.39 is 0 Å². The number of hydrogen-bond acceptors (Lipinski definition) is 2. The fourth-order valence-electron chi connectivity index (χ4n) is 3.89. The van der Waals surface area contributed by atoms with Crippen molar-refractivity contribution in [2.75, 3.05) is 13.1 Å². The first-order valence-electron chi connectivity index (χ1n) is 9.89. The molecule has 0 aromatic heterocycles. The van der Waals surface area contributed by atoms with Crippen LogP contribution in [-0.2, 0) is 13.0 Å². The van der Waals surface area contributed by atoms with E-state index >= 15 is 0 Å². The minimum Gasteiger partial charge on any atom is -0.299 e. The Morgan fingerprint density at radius 3 is 2.31 bits per heavy atom. The van der Waals surface area contributed by atoms with E-state index in [-0.39, 0.29) is 5.78 Å². The summed E-state index contributed by atoms with van der Waals surface area (Å²) >= 11 is 0. The number of ketones is 1. The van der Waals surface area contributed by atoms with Crippen LogP contribution in [0.5, 0.6) is 0 Å². The zero-order chi connectivity index (χ0) is 18.4. The van der Waals surface area contributed by atoms with Crippen LogP contribution in [0.1, 0.15) is 48.2 Å². The normalized spacial score (nSPS) is 19.2. The molecular weight excluding hydrogens is 318 g/mol. The summed E-state index contributed by atoms with van der Waals surface area (Å²) < 4.78 is 0. The molecule has 1 fully saturated rings. The summed E-state index contributed by atoms with van der Waals surface area (Å²) in [5.74, 6) is 0.794. The fraction of sp³-hybridized carbons (Fsp3) is 0.375. The molecule has 1 aliphatic heterocycles. The average Bonchev–Trinajstić information content (AvgIpc) is 3.02. The average molecular weight is 348 g/mol. The Kier molecular flexibility index (Phi) is 6.40. The highest BCUT2D eigenvalue weighted by Crippen LogP contribution is 2.29. The maximum absolute atomic E-state index is 12.5. The first kappa shape index (κ1) is 18.6. The molecule has 2 aromatic rings. The zero-order valence-electron chi connectivity index (χ0n) is 15.9. The van der Waals surface area contributed by atoms with Gasteiger partial charge in [-0.25, -0.2) is 0 Å². The van der Waals surface area contributed by atoms with Crippen LogP contribution < -0.4 is 0 Å². The molecule has 2 aromatic carbocycles. The van der Waals surface area contributed by atoms with Crippen molar-refractivity contribution in [1.29, 1.82) is 0 Å². The van der Waals surface area contributed by atoms with Crippen molar-refractivity contribution in [3.63, 3.8) is 0 Å². The number of Topliss-reactive ketones (excluding diaryl/α,β-unsaturated/α-hetero) is 1. The van der Waals surface area contributed by atoms with Crippen molar-refractivity contribution in [1.82, 2.24) is 4.90 Å². The Morgan fingerprint density at radius 2 is 1.62 bits per heavy atom. The summed E-state index contributed by atoms with van der Waals surface area (Å²) in [6, 6.07) is 18.7. The number of hydrogen-bond donors (Lipinski definition) is 0. The van der Waals surface area contributed by atoms with E-state index in [1.807, 2.05) is 32.0 Å². The molecule has 0 bridgehead atoms. The molecular formula is C24H29NO. The predicted molar refractivity (Wildman–Crippen MR) is 108 cm³/mol. The van der Waals surface area contributed by atoms with Crippen LogP contribution in [0.3, 0.4) is 0 Å². The summed E-state index contributed by atoms with van der Waals surface area (Å²) in [5, 5.41) is 0. The first-order chi connectivity index (χ1) is 12.8. The molecule has 26 heavy (non-hydrogen) atoms. The summed E-state index contributed by atoms with van der Waals surface area (Å²) in [6.45, 7) is 7.27. The second-order valence-corrected chi connectivity index (χ2v) is 6.95. The van der Waals surface area contributed by atoms with Gasteiger partial charge in [-0.2, -0.15) is 0 Å². The molecule has 4 rings (SSSR count). The van der Waals surface area contributed by atoms with Crippen molar-refractivity contribution in [2.45, 2.75) is 39.7 Å². The van der Waals surface area contributed by atoms with E-state index in [1.165, 1.54) is 11.1 Å². The maximum Gasteiger partial charge on any atom is 0.189 e. The lowest BCUT2D eigenvalue weighted by Gasteiger charge is -2.30. The van der Waals surface area contributed by atoms with Crippen molar-refractivity contribution < 1.29 is 4.79 Å². The fourth-order valence-corrected chi connectivity index (χ4v) is 3.89. The number of allylic oxidation sites excluding steroid dienone is 2. The highest BCUT2D eigenvalue weighted by molar-refractivity contribution is 6.13. The second kappa shape index (κ2) is 8.95. The van der Waals surface area contributed by atoms with Gasteiger partial charge in [-0.1, -0.05) is 74.5 Å². The Morgan fingerprint density at radius 1 is 0.962 bits per heavy atom. The van der Waals surface area contributed by atoms with Crippen LogP contribution in [0.4, 0.5) is 0 Å². The summed E-state index contributed by atoms with van der Waals surface area (Å²) in [5.41, 5.74) is 4.49. The summed E-state index contributed by atoms with van der Waals surface area (Å²) in [6.07, 6.45) is 5.39. The van der Waals surface area contributed by atoms with Crippen molar-refractivity contribution in [3.8, 4) is 0 Å². The highest BCUT2D eigenvalue weighted by atomic mass is 16.1. The van der Waals surface area contributed by atoms with E-state index in [2.05, 4.69) is 47.4 Å². The largest absolute Gasteiger partial charge is 0.299 e. The van der Waals surface area contributed by atoms with Gasteiger partial charge in [0, 0.05) is 24.1 Å². The van der Waals surface area contributed by atoms with Crippen molar-refractivity contribution in [2.24, 2.45) is 5.92 Å². The van der Waals surface area contributed by atoms with Crippen LogP contribution in [-0.4, -0.2) is 23.8 Å². The third-order valence-electron chi connectivity index (χ3n) is 5.25. The van der Waals surface area contributed by atoms with Crippen LogP contribution in [0.25, 0.3) is 0 Å². The van der Waals surface area contributed by atoms with Gasteiger partial charge < -0.3 is 0 Å². The second-order valence-electron chi connectivity index (χ2n) is 6.95. The zero-order valence-corrected chi connectivity index (χ0v) is 15.9. The number of likely N-dealkylation sites (tertiary alicyclic amines) is 1. The van der Waals surface area contributed by atoms with Gasteiger partial charge in [0.2, 0.25) is 0 Å². The number of carbonyl (C=O) groups excluding carboxylic acids is 1. The van der Waals surface area contributed by atoms with Gasteiger partial charge in [-0.05, 0) is 43.0 Å². The molecule has 0 spiro atoms. The quantitative estimate of drug-likeness (QED) is 0.703. The molecule has 2 aliphatic rings. The van der Waals surface area contributed by atoms with Crippen LogP contribution in [0, 0.1) is 5.92 Å². The van der Waals surface area contributed by atoms with Crippen LogP contribution in [0.15, 0.2) is 66.2 Å². The first-order valence-corrected chi connectivity index (χ1v) is 9.89. The van der Waals surface area contributed by atoms with E-state index in [9.17, 15) is 4.79 Å². The number of rotatable bonds is 3. The smallest absolute Gasteiger partial charge is 0.189 e. The molecule has 136 valence electrons. The monoisotopic (exact) mass is 347 g/mol. The highest BCUT2D eigenvalue weighted by Gasteiger charge is 2.26. The molecule has 1 saturated heterocycles. The topological polar surface area (TPSA) is 20.3 Å². The standard InChI is InChI=1S/C22H23NO.C2H6/c24-22-20(15-19-8-4-5-9-21(19)22)14-17-10-12-23(13-11-17)16-18-6-2-1-3-7-18;1-2/h1-9,14,17H,10-13,15-16H2;1-2H3. The van der Waals surface area contributed by atoms with E-state index in [4.69, 9.17) is 0 Å². The summed E-state index contributed by atoms with van der Waals surface area (Å²) in [4.78, 5) is 15.0. The third kappa shape index (κ3) is 4.31. The number of carbonyl (C=O) groups is 1. The van der Waals surface area contributed by atoms with Gasteiger partial charge in [0.15, 0.2) is 5.78 Å². The Hall–Kier alpha value is -2.19. The number of fused-ring (bicyclic) bond motifs is 1. The molecule has 0 saturated carbocycles. The Bertz CT molecular complexity index is 755. The minimum atomic E-state index is 0.248. The molecule has 0 N–H and O–H groups in total. The van der Waals surface area contributed by atoms with Crippen molar-refractivity contribution in [3.05, 3.63) is 82.9 Å².